The van der Waals surface area contributed by atoms with Gasteiger partial charge in [-0.2, -0.15) is 5.26 Å². The van der Waals surface area contributed by atoms with Crippen molar-refractivity contribution < 1.29 is 9.47 Å². The Morgan fingerprint density at radius 1 is 1.29 bits per heavy atom. The number of nitrogens with zero attached hydrogens (tertiary/aromatic N) is 2. The lowest BCUT2D eigenvalue weighted by Gasteiger charge is -2.40. The number of rotatable bonds is 3. The van der Waals surface area contributed by atoms with Gasteiger partial charge in [-0.25, -0.2) is 0 Å². The fourth-order valence-corrected chi connectivity index (χ4v) is 3.17. The average molecular weight is 286 g/mol. The molecule has 4 nitrogen and oxygen atoms in total. The quantitative estimate of drug-likeness (QED) is 0.857. The topological polar surface area (TPSA) is 45.5 Å². The molecule has 2 heterocycles. The Bertz CT molecular complexity index is 558. The minimum absolute atomic E-state index is 0.290. The summed E-state index contributed by atoms with van der Waals surface area (Å²) in [6, 6.07) is 8.51. The molecule has 21 heavy (non-hydrogen) atoms. The number of ether oxygens (including phenoxy) is 2. The Hall–Kier alpha value is -1.73. The van der Waals surface area contributed by atoms with Crippen LogP contribution in [0.1, 0.15) is 32.3 Å². The summed E-state index contributed by atoms with van der Waals surface area (Å²) < 4.78 is 10.8. The van der Waals surface area contributed by atoms with Crippen molar-refractivity contribution in [3.05, 3.63) is 23.8 Å². The first-order valence-corrected chi connectivity index (χ1v) is 7.65. The maximum absolute atomic E-state index is 9.71. The van der Waals surface area contributed by atoms with Crippen LogP contribution in [-0.2, 0) is 6.42 Å². The van der Waals surface area contributed by atoms with Crippen LogP contribution < -0.4 is 9.47 Å². The smallest absolute Gasteiger partial charge is 0.231 e. The van der Waals surface area contributed by atoms with Gasteiger partial charge in [-0.15, -0.1) is 0 Å². The Morgan fingerprint density at radius 3 is 2.71 bits per heavy atom. The normalized spacial score (nSPS) is 21.8. The molecule has 2 aliphatic rings. The number of likely N-dealkylation sites (tertiary alicyclic amines) is 1. The van der Waals surface area contributed by atoms with Crippen LogP contribution in [-0.4, -0.2) is 30.3 Å². The zero-order chi connectivity index (χ0) is 14.9. The van der Waals surface area contributed by atoms with E-state index in [1.165, 1.54) is 12.8 Å². The summed E-state index contributed by atoms with van der Waals surface area (Å²) >= 11 is 0. The van der Waals surface area contributed by atoms with Crippen molar-refractivity contribution in [2.24, 2.45) is 5.92 Å². The highest BCUT2D eigenvalue weighted by molar-refractivity contribution is 5.45. The van der Waals surface area contributed by atoms with Gasteiger partial charge in [-0.3, -0.25) is 4.90 Å². The average Bonchev–Trinajstić information content (AvgIpc) is 2.95. The van der Waals surface area contributed by atoms with E-state index in [4.69, 9.17) is 9.47 Å². The second-order valence-corrected chi connectivity index (χ2v) is 6.42. The largest absolute Gasteiger partial charge is 0.454 e. The second kappa shape index (κ2) is 5.57. The lowest BCUT2D eigenvalue weighted by molar-refractivity contribution is 0.103. The predicted molar refractivity (Wildman–Crippen MR) is 80.3 cm³/mol. The van der Waals surface area contributed by atoms with Gasteiger partial charge >= 0.3 is 0 Å². The number of nitriles is 1. The van der Waals surface area contributed by atoms with Crippen molar-refractivity contribution in [1.29, 1.82) is 5.26 Å². The van der Waals surface area contributed by atoms with E-state index in [0.29, 0.717) is 6.42 Å². The summed E-state index contributed by atoms with van der Waals surface area (Å²) in [5.74, 6) is 2.36. The van der Waals surface area contributed by atoms with E-state index in [9.17, 15) is 5.26 Å². The van der Waals surface area contributed by atoms with Crippen molar-refractivity contribution in [2.75, 3.05) is 19.9 Å². The van der Waals surface area contributed by atoms with E-state index in [2.05, 4.69) is 17.9 Å². The molecule has 0 amide bonds. The molecule has 1 aromatic rings. The van der Waals surface area contributed by atoms with Gasteiger partial charge < -0.3 is 9.47 Å². The van der Waals surface area contributed by atoms with Gasteiger partial charge in [0.05, 0.1) is 6.07 Å². The lowest BCUT2D eigenvalue weighted by atomic mass is 9.88. The number of hydrogen-bond donors (Lipinski definition) is 0. The van der Waals surface area contributed by atoms with Gasteiger partial charge in [-0.05, 0) is 56.5 Å². The van der Waals surface area contributed by atoms with Crippen molar-refractivity contribution in [2.45, 2.75) is 38.6 Å². The number of piperidine rings is 1. The summed E-state index contributed by atoms with van der Waals surface area (Å²) in [6.07, 6.45) is 3.07. The summed E-state index contributed by atoms with van der Waals surface area (Å²) in [7, 11) is 0. The summed E-state index contributed by atoms with van der Waals surface area (Å²) in [5, 5.41) is 9.71. The van der Waals surface area contributed by atoms with E-state index in [1.54, 1.807) is 0 Å². The molecule has 0 aliphatic carbocycles. The third-order valence-electron chi connectivity index (χ3n) is 4.71. The van der Waals surface area contributed by atoms with Gasteiger partial charge in [-0.1, -0.05) is 13.0 Å². The van der Waals surface area contributed by atoms with Gasteiger partial charge in [0.25, 0.3) is 0 Å². The van der Waals surface area contributed by atoms with E-state index in [1.807, 2.05) is 25.1 Å². The molecule has 1 atom stereocenters. The molecule has 1 unspecified atom stereocenters. The van der Waals surface area contributed by atoms with Gasteiger partial charge in [0, 0.05) is 6.42 Å². The lowest BCUT2D eigenvalue weighted by Crippen LogP contribution is -2.50. The van der Waals surface area contributed by atoms with Crippen LogP contribution >= 0.6 is 0 Å². The van der Waals surface area contributed by atoms with Gasteiger partial charge in [0.15, 0.2) is 11.5 Å². The molecule has 1 saturated heterocycles. The third-order valence-corrected chi connectivity index (χ3v) is 4.71. The van der Waals surface area contributed by atoms with Crippen LogP contribution in [0.25, 0.3) is 0 Å². The minimum Gasteiger partial charge on any atom is -0.454 e. The summed E-state index contributed by atoms with van der Waals surface area (Å²) in [5.41, 5.74) is 0.676. The molecule has 0 saturated carbocycles. The SMILES string of the molecule is CC1CCN(C(C)(C#N)Cc2ccc3c(c2)OCO3)CC1. The van der Waals surface area contributed by atoms with Gasteiger partial charge in [0.2, 0.25) is 6.79 Å². The van der Waals surface area contributed by atoms with Crippen molar-refractivity contribution >= 4 is 0 Å². The first-order valence-electron chi connectivity index (χ1n) is 7.65. The number of benzene rings is 1. The highest BCUT2D eigenvalue weighted by Crippen LogP contribution is 2.34. The number of hydrogen-bond acceptors (Lipinski definition) is 4. The molecule has 0 radical (unpaired) electrons. The highest BCUT2D eigenvalue weighted by atomic mass is 16.7. The van der Waals surface area contributed by atoms with E-state index >= 15 is 0 Å². The van der Waals surface area contributed by atoms with Crippen LogP contribution in [0.2, 0.25) is 0 Å². The van der Waals surface area contributed by atoms with E-state index in [-0.39, 0.29) is 6.79 Å². The van der Waals surface area contributed by atoms with Crippen molar-refractivity contribution in [3.63, 3.8) is 0 Å². The maximum atomic E-state index is 9.71. The van der Waals surface area contributed by atoms with Crippen molar-refractivity contribution in [1.82, 2.24) is 4.90 Å². The monoisotopic (exact) mass is 286 g/mol. The number of fused-ring (bicyclic) bond motifs is 1. The zero-order valence-electron chi connectivity index (χ0n) is 12.8. The van der Waals surface area contributed by atoms with Gasteiger partial charge in [0.1, 0.15) is 5.54 Å². The Labute approximate surface area is 126 Å². The van der Waals surface area contributed by atoms with Crippen LogP contribution in [0.3, 0.4) is 0 Å². The molecule has 0 N–H and O–H groups in total. The molecular formula is C17H22N2O2. The first kappa shape index (κ1) is 14.2. The zero-order valence-corrected chi connectivity index (χ0v) is 12.8. The Morgan fingerprint density at radius 2 is 2.00 bits per heavy atom. The predicted octanol–water partition coefficient (Wildman–Crippen LogP) is 2.97. The third kappa shape index (κ3) is 2.84. The summed E-state index contributed by atoms with van der Waals surface area (Å²) in [6.45, 7) is 6.65. The molecular weight excluding hydrogens is 264 g/mol. The standard InChI is InChI=1S/C17H22N2O2/c1-13-5-7-19(8-6-13)17(2,11-18)10-14-3-4-15-16(9-14)21-12-20-15/h3-4,9,13H,5-8,10,12H2,1-2H3. The van der Waals surface area contributed by atoms with Crippen LogP contribution in [0.15, 0.2) is 18.2 Å². The Balaban J connectivity index is 1.76. The highest BCUT2D eigenvalue weighted by Gasteiger charge is 2.34. The molecule has 3 rings (SSSR count). The Kier molecular flexibility index (Phi) is 3.77. The fourth-order valence-electron chi connectivity index (χ4n) is 3.17. The summed E-state index contributed by atoms with van der Waals surface area (Å²) in [4.78, 5) is 2.33. The molecule has 112 valence electrons. The van der Waals surface area contributed by atoms with E-state index in [0.717, 1.165) is 36.1 Å². The first-order chi connectivity index (χ1) is 10.1. The minimum atomic E-state index is -0.451. The molecule has 1 fully saturated rings. The van der Waals surface area contributed by atoms with Crippen LogP contribution in [0.5, 0.6) is 11.5 Å². The molecule has 0 aromatic heterocycles. The second-order valence-electron chi connectivity index (χ2n) is 6.42. The molecule has 2 aliphatic heterocycles. The molecule has 4 heteroatoms. The molecule has 1 aromatic carbocycles. The van der Waals surface area contributed by atoms with Crippen molar-refractivity contribution in [3.8, 4) is 17.6 Å². The van der Waals surface area contributed by atoms with E-state index < -0.39 is 5.54 Å². The maximum Gasteiger partial charge on any atom is 0.231 e. The van der Waals surface area contributed by atoms with Crippen LogP contribution in [0, 0.1) is 17.2 Å². The molecule has 0 bridgehead atoms. The fraction of sp³-hybridized carbons (Fsp3) is 0.588. The van der Waals surface area contributed by atoms with Crippen LogP contribution in [0.4, 0.5) is 0 Å². The molecule has 0 spiro atoms.